The summed E-state index contributed by atoms with van der Waals surface area (Å²) in [7, 11) is 1.64. The lowest BCUT2D eigenvalue weighted by atomic mass is 10.2. The highest BCUT2D eigenvalue weighted by Gasteiger charge is 2.00. The minimum atomic E-state index is -0.347. The van der Waals surface area contributed by atoms with Gasteiger partial charge in [0, 0.05) is 17.8 Å². The standard InChI is InChI=1S/C16H18N2O3/c1-3-21-16(19)9-6-14-10-17-18(12-14)11-13-4-7-15(20-2)8-5-13/h4-10,12H,3,11H2,1-2H3/b9-6+. The summed E-state index contributed by atoms with van der Waals surface area (Å²) in [6, 6.07) is 7.82. The van der Waals surface area contributed by atoms with Gasteiger partial charge in [0.25, 0.3) is 0 Å². The van der Waals surface area contributed by atoms with Gasteiger partial charge in [-0.05, 0) is 30.7 Å². The van der Waals surface area contributed by atoms with E-state index in [1.807, 2.05) is 35.1 Å². The number of rotatable bonds is 6. The lowest BCUT2D eigenvalue weighted by Gasteiger charge is -2.03. The first-order valence-corrected chi connectivity index (χ1v) is 6.71. The van der Waals surface area contributed by atoms with E-state index in [2.05, 4.69) is 5.10 Å². The molecular weight excluding hydrogens is 268 g/mol. The van der Waals surface area contributed by atoms with E-state index in [0.717, 1.165) is 16.9 Å². The SMILES string of the molecule is CCOC(=O)/C=C/c1cnn(Cc2ccc(OC)cc2)c1. The van der Waals surface area contributed by atoms with Gasteiger partial charge in [-0.15, -0.1) is 0 Å². The zero-order chi connectivity index (χ0) is 15.1. The lowest BCUT2D eigenvalue weighted by Crippen LogP contribution is -1.99. The third-order valence-corrected chi connectivity index (χ3v) is 2.86. The van der Waals surface area contributed by atoms with E-state index in [1.54, 1.807) is 26.3 Å². The predicted molar refractivity (Wildman–Crippen MR) is 80.0 cm³/mol. The summed E-state index contributed by atoms with van der Waals surface area (Å²) < 4.78 is 11.8. The molecular formula is C16H18N2O3. The van der Waals surface area contributed by atoms with E-state index in [4.69, 9.17) is 9.47 Å². The summed E-state index contributed by atoms with van der Waals surface area (Å²) in [6.07, 6.45) is 6.67. The fraction of sp³-hybridized carbons (Fsp3) is 0.250. The van der Waals surface area contributed by atoms with Crippen LogP contribution in [0.15, 0.2) is 42.7 Å². The van der Waals surface area contributed by atoms with E-state index in [9.17, 15) is 4.79 Å². The number of methoxy groups -OCH3 is 1. The van der Waals surface area contributed by atoms with Crippen molar-refractivity contribution in [3.05, 3.63) is 53.9 Å². The lowest BCUT2D eigenvalue weighted by molar-refractivity contribution is -0.137. The van der Waals surface area contributed by atoms with Gasteiger partial charge in [-0.3, -0.25) is 4.68 Å². The molecule has 0 atom stereocenters. The molecule has 0 N–H and O–H groups in total. The quantitative estimate of drug-likeness (QED) is 0.605. The number of carbonyl (C=O) groups is 1. The fourth-order valence-electron chi connectivity index (χ4n) is 1.82. The van der Waals surface area contributed by atoms with Gasteiger partial charge in [0.05, 0.1) is 26.5 Å². The largest absolute Gasteiger partial charge is 0.497 e. The summed E-state index contributed by atoms with van der Waals surface area (Å²) >= 11 is 0. The predicted octanol–water partition coefficient (Wildman–Crippen LogP) is 2.52. The maximum Gasteiger partial charge on any atom is 0.330 e. The smallest absolute Gasteiger partial charge is 0.330 e. The molecule has 0 bridgehead atoms. The van der Waals surface area contributed by atoms with E-state index >= 15 is 0 Å². The summed E-state index contributed by atoms with van der Waals surface area (Å²) in [6.45, 7) is 2.82. The molecule has 2 rings (SSSR count). The van der Waals surface area contributed by atoms with Crippen LogP contribution in [0.5, 0.6) is 5.75 Å². The monoisotopic (exact) mass is 286 g/mol. The van der Waals surface area contributed by atoms with Crippen LogP contribution in [-0.4, -0.2) is 29.5 Å². The van der Waals surface area contributed by atoms with E-state index in [-0.39, 0.29) is 5.97 Å². The molecule has 0 amide bonds. The first kappa shape index (κ1) is 14.8. The van der Waals surface area contributed by atoms with E-state index in [1.165, 1.54) is 6.08 Å². The van der Waals surface area contributed by atoms with Gasteiger partial charge in [-0.1, -0.05) is 12.1 Å². The van der Waals surface area contributed by atoms with Gasteiger partial charge in [-0.25, -0.2) is 4.79 Å². The molecule has 1 aromatic carbocycles. The van der Waals surface area contributed by atoms with Gasteiger partial charge in [0.1, 0.15) is 5.75 Å². The van der Waals surface area contributed by atoms with Crippen LogP contribution >= 0.6 is 0 Å². The van der Waals surface area contributed by atoms with Gasteiger partial charge >= 0.3 is 5.97 Å². The molecule has 0 spiro atoms. The number of hydrogen-bond acceptors (Lipinski definition) is 4. The number of ether oxygens (including phenoxy) is 2. The Balaban J connectivity index is 1.97. The number of esters is 1. The number of nitrogens with zero attached hydrogens (tertiary/aromatic N) is 2. The highest BCUT2D eigenvalue weighted by Crippen LogP contribution is 2.12. The molecule has 0 aliphatic carbocycles. The molecule has 110 valence electrons. The molecule has 0 aliphatic heterocycles. The van der Waals surface area contributed by atoms with E-state index in [0.29, 0.717) is 13.2 Å². The van der Waals surface area contributed by atoms with Crippen molar-refractivity contribution in [3.8, 4) is 5.75 Å². The van der Waals surface area contributed by atoms with E-state index < -0.39 is 0 Å². The number of benzene rings is 1. The Morgan fingerprint density at radius 1 is 1.33 bits per heavy atom. The third-order valence-electron chi connectivity index (χ3n) is 2.86. The Morgan fingerprint density at radius 3 is 2.76 bits per heavy atom. The molecule has 0 saturated heterocycles. The molecule has 21 heavy (non-hydrogen) atoms. The molecule has 0 radical (unpaired) electrons. The van der Waals surface area contributed by atoms with Crippen LogP contribution in [0.3, 0.4) is 0 Å². The molecule has 2 aromatic rings. The van der Waals surface area contributed by atoms with Crippen molar-refractivity contribution in [1.29, 1.82) is 0 Å². The molecule has 0 fully saturated rings. The van der Waals surface area contributed by atoms with Gasteiger partial charge < -0.3 is 9.47 Å². The average Bonchev–Trinajstić information content (AvgIpc) is 2.94. The Kier molecular flexibility index (Phi) is 5.15. The Morgan fingerprint density at radius 2 is 2.10 bits per heavy atom. The second kappa shape index (κ2) is 7.28. The van der Waals surface area contributed by atoms with Crippen molar-refractivity contribution in [1.82, 2.24) is 9.78 Å². The minimum Gasteiger partial charge on any atom is -0.497 e. The van der Waals surface area contributed by atoms with Crippen molar-refractivity contribution in [2.75, 3.05) is 13.7 Å². The Labute approximate surface area is 123 Å². The van der Waals surface area contributed by atoms with Gasteiger partial charge in [0.2, 0.25) is 0 Å². The van der Waals surface area contributed by atoms with Crippen LogP contribution in [0, 0.1) is 0 Å². The zero-order valence-electron chi connectivity index (χ0n) is 12.2. The second-order valence-corrected chi connectivity index (χ2v) is 4.40. The summed E-state index contributed by atoms with van der Waals surface area (Å²) in [5.74, 6) is 0.484. The maximum atomic E-state index is 11.2. The highest BCUT2D eigenvalue weighted by atomic mass is 16.5. The maximum absolute atomic E-state index is 11.2. The molecule has 0 aliphatic rings. The third kappa shape index (κ3) is 4.49. The molecule has 0 saturated carbocycles. The van der Waals surface area contributed by atoms with Gasteiger partial charge in [0.15, 0.2) is 0 Å². The average molecular weight is 286 g/mol. The fourth-order valence-corrected chi connectivity index (χ4v) is 1.82. The highest BCUT2D eigenvalue weighted by molar-refractivity contribution is 5.86. The van der Waals surface area contributed by atoms with Crippen LogP contribution < -0.4 is 4.74 Å². The minimum absolute atomic E-state index is 0.347. The molecule has 5 heteroatoms. The van der Waals surface area contributed by atoms with Crippen LogP contribution in [0.2, 0.25) is 0 Å². The Bertz CT molecular complexity index is 615. The Hall–Kier alpha value is -2.56. The van der Waals surface area contributed by atoms with Crippen LogP contribution in [0.1, 0.15) is 18.1 Å². The normalized spacial score (nSPS) is 10.8. The van der Waals surface area contributed by atoms with Crippen LogP contribution in [-0.2, 0) is 16.1 Å². The number of carbonyl (C=O) groups excluding carboxylic acids is 1. The molecule has 5 nitrogen and oxygen atoms in total. The summed E-state index contributed by atoms with van der Waals surface area (Å²) in [4.78, 5) is 11.2. The summed E-state index contributed by atoms with van der Waals surface area (Å²) in [5.41, 5.74) is 1.98. The van der Waals surface area contributed by atoms with Crippen LogP contribution in [0.25, 0.3) is 6.08 Å². The van der Waals surface area contributed by atoms with Crippen molar-refractivity contribution < 1.29 is 14.3 Å². The summed E-state index contributed by atoms with van der Waals surface area (Å²) in [5, 5.41) is 4.26. The van der Waals surface area contributed by atoms with Crippen molar-refractivity contribution in [2.45, 2.75) is 13.5 Å². The van der Waals surface area contributed by atoms with Crippen LogP contribution in [0.4, 0.5) is 0 Å². The molecule has 1 aromatic heterocycles. The zero-order valence-corrected chi connectivity index (χ0v) is 12.2. The van der Waals surface area contributed by atoms with Crippen molar-refractivity contribution >= 4 is 12.0 Å². The van der Waals surface area contributed by atoms with Crippen molar-refractivity contribution in [2.24, 2.45) is 0 Å². The first-order valence-electron chi connectivity index (χ1n) is 6.71. The van der Waals surface area contributed by atoms with Gasteiger partial charge in [-0.2, -0.15) is 5.10 Å². The molecule has 0 unspecified atom stereocenters. The first-order chi connectivity index (χ1) is 10.2. The van der Waals surface area contributed by atoms with Crippen molar-refractivity contribution in [3.63, 3.8) is 0 Å². The topological polar surface area (TPSA) is 53.3 Å². The second-order valence-electron chi connectivity index (χ2n) is 4.40. The number of hydrogen-bond donors (Lipinski definition) is 0. The number of aromatic nitrogens is 2. The molecule has 1 heterocycles.